The lowest BCUT2D eigenvalue weighted by molar-refractivity contribution is -0.144. The molecule has 0 aliphatic heterocycles. The van der Waals surface area contributed by atoms with Gasteiger partial charge in [-0.1, -0.05) is 60.7 Å². The van der Waals surface area contributed by atoms with Crippen molar-refractivity contribution < 1.29 is 14.3 Å². The fourth-order valence-corrected chi connectivity index (χ4v) is 3.45. The molecule has 0 bridgehead atoms. The molecular weight excluding hydrogens is 376 g/mol. The minimum absolute atomic E-state index is 0.290. The molecule has 0 aliphatic rings. The van der Waals surface area contributed by atoms with E-state index in [9.17, 15) is 9.59 Å². The van der Waals surface area contributed by atoms with Crippen molar-refractivity contribution in [3.63, 3.8) is 0 Å². The first kappa shape index (κ1) is 23.1. The maximum absolute atomic E-state index is 12.8. The molecule has 0 spiro atoms. The second-order valence-electron chi connectivity index (χ2n) is 6.96. The molecule has 1 amide bonds. The van der Waals surface area contributed by atoms with Crippen molar-refractivity contribution in [3.05, 3.63) is 97.1 Å². The third kappa shape index (κ3) is 6.71. The predicted molar refractivity (Wildman–Crippen MR) is 120 cm³/mol. The van der Waals surface area contributed by atoms with Crippen LogP contribution in [-0.4, -0.2) is 49.1 Å². The Labute approximate surface area is 179 Å². The molecule has 158 valence electrons. The molecule has 0 aromatic heterocycles. The van der Waals surface area contributed by atoms with E-state index in [4.69, 9.17) is 4.74 Å². The van der Waals surface area contributed by atoms with Crippen LogP contribution in [0.2, 0.25) is 0 Å². The summed E-state index contributed by atoms with van der Waals surface area (Å²) in [6, 6.07) is 17.8. The van der Waals surface area contributed by atoms with Gasteiger partial charge in [-0.25, -0.2) is 4.79 Å². The Hall–Kier alpha value is -3.18. The van der Waals surface area contributed by atoms with Crippen molar-refractivity contribution in [2.24, 2.45) is 0 Å². The predicted octanol–water partition coefficient (Wildman–Crippen LogP) is 3.63. The number of methoxy groups -OCH3 is 1. The number of benzene rings is 2. The summed E-state index contributed by atoms with van der Waals surface area (Å²) in [6.45, 7) is 8.79. The van der Waals surface area contributed by atoms with Crippen LogP contribution < -0.4 is 5.32 Å². The molecule has 30 heavy (non-hydrogen) atoms. The third-order valence-corrected chi connectivity index (χ3v) is 4.93. The number of hydrogen-bond donors (Lipinski definition) is 1. The fourth-order valence-electron chi connectivity index (χ4n) is 3.45. The number of ether oxygens (including phenoxy) is 1. The van der Waals surface area contributed by atoms with Gasteiger partial charge in [0.15, 0.2) is 0 Å². The summed E-state index contributed by atoms with van der Waals surface area (Å²) < 4.78 is 5.06. The van der Waals surface area contributed by atoms with Crippen LogP contribution in [0.1, 0.15) is 22.3 Å². The SMILES string of the molecule is C=CCN(CC=C)C(CCc1ccccc1)C(NC(=O)c1ccccc1)C(=O)OC. The highest BCUT2D eigenvalue weighted by molar-refractivity contribution is 5.96. The van der Waals surface area contributed by atoms with Crippen molar-refractivity contribution in [3.8, 4) is 0 Å². The smallest absolute Gasteiger partial charge is 0.330 e. The normalized spacial score (nSPS) is 12.6. The number of nitrogens with one attached hydrogen (secondary N) is 1. The minimum atomic E-state index is -0.827. The van der Waals surface area contributed by atoms with Gasteiger partial charge in [-0.3, -0.25) is 9.69 Å². The van der Waals surface area contributed by atoms with E-state index in [1.807, 2.05) is 24.3 Å². The van der Waals surface area contributed by atoms with E-state index in [2.05, 4.69) is 35.5 Å². The summed E-state index contributed by atoms with van der Waals surface area (Å²) in [4.78, 5) is 27.6. The molecule has 0 saturated heterocycles. The first-order valence-corrected chi connectivity index (χ1v) is 10.0. The van der Waals surface area contributed by atoms with E-state index in [-0.39, 0.29) is 11.9 Å². The van der Waals surface area contributed by atoms with Gasteiger partial charge in [0.25, 0.3) is 5.91 Å². The van der Waals surface area contributed by atoms with Gasteiger partial charge < -0.3 is 10.1 Å². The minimum Gasteiger partial charge on any atom is -0.467 e. The van der Waals surface area contributed by atoms with Crippen molar-refractivity contribution in [2.75, 3.05) is 20.2 Å². The van der Waals surface area contributed by atoms with Crippen LogP contribution in [0.25, 0.3) is 0 Å². The lowest BCUT2D eigenvalue weighted by Gasteiger charge is -2.35. The Morgan fingerprint density at radius 1 is 1.00 bits per heavy atom. The monoisotopic (exact) mass is 406 g/mol. The van der Waals surface area contributed by atoms with Gasteiger partial charge in [-0.2, -0.15) is 0 Å². The van der Waals surface area contributed by atoms with Gasteiger partial charge in [-0.15, -0.1) is 13.2 Å². The van der Waals surface area contributed by atoms with E-state index in [0.717, 1.165) is 12.0 Å². The summed E-state index contributed by atoms with van der Waals surface area (Å²) in [5.74, 6) is -0.789. The molecule has 0 heterocycles. The summed E-state index contributed by atoms with van der Waals surface area (Å²) >= 11 is 0. The number of carbonyl (C=O) groups is 2. The number of nitrogens with zero attached hydrogens (tertiary/aromatic N) is 1. The van der Waals surface area contributed by atoms with Crippen LogP contribution in [-0.2, 0) is 16.0 Å². The van der Waals surface area contributed by atoms with Crippen molar-refractivity contribution >= 4 is 11.9 Å². The van der Waals surface area contributed by atoms with Crippen molar-refractivity contribution in [1.29, 1.82) is 0 Å². The molecule has 0 aliphatic carbocycles. The highest BCUT2D eigenvalue weighted by atomic mass is 16.5. The molecule has 2 rings (SSSR count). The third-order valence-electron chi connectivity index (χ3n) is 4.93. The molecule has 2 aromatic carbocycles. The van der Waals surface area contributed by atoms with E-state index in [1.54, 1.807) is 36.4 Å². The van der Waals surface area contributed by atoms with Crippen LogP contribution in [0, 0.1) is 0 Å². The highest BCUT2D eigenvalue weighted by Crippen LogP contribution is 2.16. The van der Waals surface area contributed by atoms with Crippen LogP contribution >= 0.6 is 0 Å². The van der Waals surface area contributed by atoms with E-state index in [1.165, 1.54) is 7.11 Å². The maximum Gasteiger partial charge on any atom is 0.330 e. The lowest BCUT2D eigenvalue weighted by atomic mass is 9.97. The number of rotatable bonds is 12. The number of aryl methyl sites for hydroxylation is 1. The molecule has 5 nitrogen and oxygen atoms in total. The van der Waals surface area contributed by atoms with Crippen molar-refractivity contribution in [2.45, 2.75) is 24.9 Å². The summed E-state index contributed by atoms with van der Waals surface area (Å²) in [5, 5.41) is 2.89. The Kier molecular flexibility index (Phi) is 9.55. The van der Waals surface area contributed by atoms with Crippen LogP contribution in [0.4, 0.5) is 0 Å². The van der Waals surface area contributed by atoms with Gasteiger partial charge in [0.05, 0.1) is 7.11 Å². The van der Waals surface area contributed by atoms with E-state index >= 15 is 0 Å². The van der Waals surface area contributed by atoms with Gasteiger partial charge >= 0.3 is 5.97 Å². The molecule has 2 unspecified atom stereocenters. The molecule has 2 aromatic rings. The van der Waals surface area contributed by atoms with E-state index in [0.29, 0.717) is 25.1 Å². The highest BCUT2D eigenvalue weighted by Gasteiger charge is 2.34. The Morgan fingerprint density at radius 2 is 1.57 bits per heavy atom. The summed E-state index contributed by atoms with van der Waals surface area (Å²) in [7, 11) is 1.34. The molecule has 2 atom stereocenters. The summed E-state index contributed by atoms with van der Waals surface area (Å²) in [5.41, 5.74) is 1.66. The number of hydrogen-bond acceptors (Lipinski definition) is 4. The Morgan fingerprint density at radius 3 is 2.10 bits per heavy atom. The zero-order valence-electron chi connectivity index (χ0n) is 17.5. The first-order valence-electron chi connectivity index (χ1n) is 10.0. The van der Waals surface area contributed by atoms with E-state index < -0.39 is 12.0 Å². The van der Waals surface area contributed by atoms with Crippen LogP contribution in [0.15, 0.2) is 86.0 Å². The average molecular weight is 407 g/mol. The number of esters is 1. The topological polar surface area (TPSA) is 58.6 Å². The average Bonchev–Trinajstić information content (AvgIpc) is 2.79. The Bertz CT molecular complexity index is 811. The standard InChI is InChI=1S/C25H30N2O3/c1-4-18-27(19-5-2)22(17-16-20-12-8-6-9-13-20)23(25(29)30-3)26-24(28)21-14-10-7-11-15-21/h4-15,22-23H,1-2,16-19H2,3H3,(H,26,28). The molecule has 0 fully saturated rings. The molecule has 5 heteroatoms. The number of carbonyl (C=O) groups excluding carboxylic acids is 2. The van der Waals surface area contributed by atoms with Gasteiger partial charge in [0.1, 0.15) is 6.04 Å². The lowest BCUT2D eigenvalue weighted by Crippen LogP contribution is -2.56. The largest absolute Gasteiger partial charge is 0.467 e. The number of amides is 1. The zero-order valence-corrected chi connectivity index (χ0v) is 17.5. The van der Waals surface area contributed by atoms with Crippen molar-refractivity contribution in [1.82, 2.24) is 10.2 Å². The van der Waals surface area contributed by atoms with Gasteiger partial charge in [0, 0.05) is 24.7 Å². The zero-order chi connectivity index (χ0) is 21.8. The second-order valence-corrected chi connectivity index (χ2v) is 6.96. The van der Waals surface area contributed by atoms with Gasteiger partial charge in [0.2, 0.25) is 0 Å². The second kappa shape index (κ2) is 12.4. The first-order chi connectivity index (χ1) is 14.6. The van der Waals surface area contributed by atoms with Crippen LogP contribution in [0.3, 0.4) is 0 Å². The molecule has 1 N–H and O–H groups in total. The quantitative estimate of drug-likeness (QED) is 0.432. The molecular formula is C25H30N2O3. The van der Waals surface area contributed by atoms with Gasteiger partial charge in [-0.05, 0) is 30.5 Å². The fraction of sp³-hybridized carbons (Fsp3) is 0.280. The molecule has 0 radical (unpaired) electrons. The molecule has 0 saturated carbocycles. The Balaban J connectivity index is 2.31. The van der Waals surface area contributed by atoms with Crippen LogP contribution in [0.5, 0.6) is 0 Å². The maximum atomic E-state index is 12.8. The summed E-state index contributed by atoms with van der Waals surface area (Å²) in [6.07, 6.45) is 4.98.